The van der Waals surface area contributed by atoms with Gasteiger partial charge in [0.25, 0.3) is 0 Å². The molecule has 0 aromatic heterocycles. The third-order valence-electron chi connectivity index (χ3n) is 3.77. The summed E-state index contributed by atoms with van der Waals surface area (Å²) in [4.78, 5) is 0. The van der Waals surface area contributed by atoms with Gasteiger partial charge in [0.2, 0.25) is 0 Å². The Bertz CT molecular complexity index is 421. The summed E-state index contributed by atoms with van der Waals surface area (Å²) in [5.41, 5.74) is 0.806. The van der Waals surface area contributed by atoms with Crippen LogP contribution in [0.1, 0.15) is 50.7 Å². The lowest BCUT2D eigenvalue weighted by Gasteiger charge is -2.18. The number of hydrogen-bond acceptors (Lipinski definition) is 2. The molecule has 0 amide bonds. The van der Waals surface area contributed by atoms with Crippen molar-refractivity contribution in [3.05, 3.63) is 23.3 Å². The van der Waals surface area contributed by atoms with Gasteiger partial charge < -0.3 is 9.47 Å². The van der Waals surface area contributed by atoms with Crippen LogP contribution in [0, 0.1) is 5.92 Å². The summed E-state index contributed by atoms with van der Waals surface area (Å²) < 4.78 is 36.9. The molecule has 1 unspecified atom stereocenters. The second-order valence-electron chi connectivity index (χ2n) is 5.27. The number of methoxy groups -OCH3 is 1. The van der Waals surface area contributed by atoms with Crippen LogP contribution in [0.5, 0.6) is 11.5 Å². The van der Waals surface area contributed by atoms with Crippen molar-refractivity contribution in [2.24, 2.45) is 5.92 Å². The Hall–Kier alpha value is -1.32. The topological polar surface area (TPSA) is 18.5 Å². The van der Waals surface area contributed by atoms with E-state index in [0.29, 0.717) is 35.2 Å². The van der Waals surface area contributed by atoms with E-state index in [0.717, 1.165) is 25.7 Å². The van der Waals surface area contributed by atoms with E-state index in [1.165, 1.54) is 13.2 Å². The molecule has 0 radical (unpaired) electrons. The largest absolute Gasteiger partial charge is 0.496 e. The summed E-state index contributed by atoms with van der Waals surface area (Å²) >= 11 is 0. The Balaban J connectivity index is 2.81. The summed E-state index contributed by atoms with van der Waals surface area (Å²) in [5, 5.41) is 0. The molecule has 0 saturated carbocycles. The van der Waals surface area contributed by atoms with Crippen LogP contribution in [0.3, 0.4) is 0 Å². The summed E-state index contributed by atoms with van der Waals surface area (Å²) in [6.45, 7) is 3.53. The molecular formula is C17H26F2O2. The zero-order valence-electron chi connectivity index (χ0n) is 13.3. The van der Waals surface area contributed by atoms with Crippen LogP contribution in [0.4, 0.5) is 8.78 Å². The van der Waals surface area contributed by atoms with Gasteiger partial charge in [-0.1, -0.05) is 33.1 Å². The normalized spacial score (nSPS) is 12.2. The van der Waals surface area contributed by atoms with Crippen LogP contribution < -0.4 is 9.47 Å². The van der Waals surface area contributed by atoms with Crippen molar-refractivity contribution in [2.75, 3.05) is 13.7 Å². The molecule has 0 bridgehead atoms. The monoisotopic (exact) mass is 300 g/mol. The molecule has 120 valence electrons. The Morgan fingerprint density at radius 2 is 1.67 bits per heavy atom. The van der Waals surface area contributed by atoms with Crippen LogP contribution in [0.15, 0.2) is 12.1 Å². The van der Waals surface area contributed by atoms with E-state index in [2.05, 4.69) is 13.8 Å². The standard InChI is InChI=1S/C17H26F2O2/c1-4-6-7-13(5-2)12-21-17-9-14(10-18)16(20-3)8-15(17)11-19/h8-9,13H,4-7,10-12H2,1-3H3. The van der Waals surface area contributed by atoms with Crippen LogP contribution in [-0.2, 0) is 13.3 Å². The Morgan fingerprint density at radius 1 is 1.05 bits per heavy atom. The van der Waals surface area contributed by atoms with Crippen molar-refractivity contribution in [2.45, 2.75) is 52.9 Å². The molecule has 0 fully saturated rings. The molecule has 4 heteroatoms. The van der Waals surface area contributed by atoms with Crippen molar-refractivity contribution in [1.82, 2.24) is 0 Å². The minimum atomic E-state index is -0.654. The maximum Gasteiger partial charge on any atom is 0.125 e. The summed E-state index contributed by atoms with van der Waals surface area (Å²) in [5.74, 6) is 1.25. The molecule has 0 heterocycles. The van der Waals surface area contributed by atoms with E-state index in [1.807, 2.05) is 0 Å². The fourth-order valence-corrected chi connectivity index (χ4v) is 2.28. The highest BCUT2D eigenvalue weighted by atomic mass is 19.1. The number of halogens is 2. The first kappa shape index (κ1) is 17.7. The molecule has 21 heavy (non-hydrogen) atoms. The van der Waals surface area contributed by atoms with Gasteiger partial charge in [0.1, 0.15) is 24.8 Å². The van der Waals surface area contributed by atoms with Gasteiger partial charge in [-0.05, 0) is 24.5 Å². The number of ether oxygens (including phenoxy) is 2. The lowest BCUT2D eigenvalue weighted by Crippen LogP contribution is -2.12. The SMILES string of the molecule is CCCCC(CC)COc1cc(CF)c(OC)cc1CF. The van der Waals surface area contributed by atoms with Gasteiger partial charge in [-0.3, -0.25) is 0 Å². The molecule has 0 aliphatic carbocycles. The summed E-state index contributed by atoms with van der Waals surface area (Å²) in [6.07, 6.45) is 4.44. The second-order valence-corrected chi connectivity index (χ2v) is 5.27. The minimum Gasteiger partial charge on any atom is -0.496 e. The fraction of sp³-hybridized carbons (Fsp3) is 0.647. The first-order valence-corrected chi connectivity index (χ1v) is 7.64. The maximum atomic E-state index is 13.1. The maximum absolute atomic E-state index is 13.1. The average Bonchev–Trinajstić information content (AvgIpc) is 2.54. The van der Waals surface area contributed by atoms with E-state index in [4.69, 9.17) is 9.47 Å². The first-order valence-electron chi connectivity index (χ1n) is 7.64. The van der Waals surface area contributed by atoms with Crippen molar-refractivity contribution in [3.8, 4) is 11.5 Å². The van der Waals surface area contributed by atoms with Gasteiger partial charge in [-0.25, -0.2) is 8.78 Å². The van der Waals surface area contributed by atoms with Gasteiger partial charge in [0, 0.05) is 11.1 Å². The lowest BCUT2D eigenvalue weighted by molar-refractivity contribution is 0.229. The number of hydrogen-bond donors (Lipinski definition) is 0. The predicted molar refractivity (Wildman–Crippen MR) is 81.4 cm³/mol. The Kier molecular flexibility index (Phi) is 8.09. The van der Waals surface area contributed by atoms with Gasteiger partial charge in [-0.15, -0.1) is 0 Å². The average molecular weight is 300 g/mol. The molecule has 1 atom stereocenters. The van der Waals surface area contributed by atoms with Gasteiger partial charge in [-0.2, -0.15) is 0 Å². The van der Waals surface area contributed by atoms with Crippen molar-refractivity contribution < 1.29 is 18.3 Å². The fourth-order valence-electron chi connectivity index (χ4n) is 2.28. The van der Waals surface area contributed by atoms with E-state index < -0.39 is 13.3 Å². The summed E-state index contributed by atoms with van der Waals surface area (Å²) in [6, 6.07) is 3.08. The van der Waals surface area contributed by atoms with Crippen LogP contribution >= 0.6 is 0 Å². The quantitative estimate of drug-likeness (QED) is 0.589. The van der Waals surface area contributed by atoms with Crippen molar-refractivity contribution in [3.63, 3.8) is 0 Å². The highest BCUT2D eigenvalue weighted by molar-refractivity contribution is 5.46. The number of rotatable bonds is 10. The smallest absolute Gasteiger partial charge is 0.125 e. The van der Waals surface area contributed by atoms with Gasteiger partial charge >= 0.3 is 0 Å². The zero-order chi connectivity index (χ0) is 15.7. The van der Waals surface area contributed by atoms with Crippen LogP contribution in [-0.4, -0.2) is 13.7 Å². The van der Waals surface area contributed by atoms with E-state index >= 15 is 0 Å². The van der Waals surface area contributed by atoms with Crippen LogP contribution in [0.2, 0.25) is 0 Å². The Labute approximate surface area is 126 Å². The zero-order valence-corrected chi connectivity index (χ0v) is 13.3. The van der Waals surface area contributed by atoms with Crippen molar-refractivity contribution >= 4 is 0 Å². The molecule has 0 N–H and O–H groups in total. The molecule has 1 aromatic carbocycles. The van der Waals surface area contributed by atoms with E-state index in [9.17, 15) is 8.78 Å². The number of alkyl halides is 2. The number of benzene rings is 1. The third kappa shape index (κ3) is 5.18. The lowest BCUT2D eigenvalue weighted by atomic mass is 10.0. The third-order valence-corrected chi connectivity index (χ3v) is 3.77. The van der Waals surface area contributed by atoms with Gasteiger partial charge in [0.05, 0.1) is 13.7 Å². The molecule has 1 aromatic rings. The first-order chi connectivity index (χ1) is 10.2. The highest BCUT2D eigenvalue weighted by Gasteiger charge is 2.14. The predicted octanol–water partition coefficient (Wildman–Crippen LogP) is 5.23. The summed E-state index contributed by atoms with van der Waals surface area (Å²) in [7, 11) is 1.45. The molecule has 0 saturated heterocycles. The second kappa shape index (κ2) is 9.59. The van der Waals surface area contributed by atoms with E-state index in [1.54, 1.807) is 6.07 Å². The highest BCUT2D eigenvalue weighted by Crippen LogP contribution is 2.31. The number of unbranched alkanes of at least 4 members (excludes halogenated alkanes) is 1. The molecular weight excluding hydrogens is 274 g/mol. The molecule has 0 aliphatic rings. The van der Waals surface area contributed by atoms with Crippen LogP contribution in [0.25, 0.3) is 0 Å². The minimum absolute atomic E-state index is 0.371. The molecule has 0 spiro atoms. The van der Waals surface area contributed by atoms with Crippen molar-refractivity contribution in [1.29, 1.82) is 0 Å². The molecule has 2 nitrogen and oxygen atoms in total. The van der Waals surface area contributed by atoms with Gasteiger partial charge in [0.15, 0.2) is 0 Å². The molecule has 0 aliphatic heterocycles. The Morgan fingerprint density at radius 3 is 2.19 bits per heavy atom. The van der Waals surface area contributed by atoms with E-state index in [-0.39, 0.29) is 0 Å². The molecule has 1 rings (SSSR count).